The number of nitrogens with one attached hydrogen (secondary N) is 3. The van der Waals surface area contributed by atoms with Crippen LogP contribution >= 0.6 is 0 Å². The van der Waals surface area contributed by atoms with Crippen LogP contribution in [0.2, 0.25) is 0 Å². The minimum absolute atomic E-state index is 0.357. The molecule has 2 heterocycles. The van der Waals surface area contributed by atoms with E-state index in [1.54, 1.807) is 12.3 Å². The first kappa shape index (κ1) is 11.4. The topological polar surface area (TPSA) is 82.8 Å². The highest BCUT2D eigenvalue weighted by Crippen LogP contribution is 2.03. The normalized spacial score (nSPS) is 10.4. The van der Waals surface area contributed by atoms with Crippen LogP contribution in [0, 0.1) is 0 Å². The molecule has 0 aliphatic heterocycles. The number of carbonyl (C=O) groups excluding carboxylic acids is 1. The molecule has 0 aliphatic carbocycles. The van der Waals surface area contributed by atoms with Gasteiger partial charge in [0, 0.05) is 30.7 Å². The van der Waals surface area contributed by atoms with Gasteiger partial charge >= 0.3 is 5.97 Å². The summed E-state index contributed by atoms with van der Waals surface area (Å²) in [5.74, 6) is -0.357. The fourth-order valence-corrected chi connectivity index (χ4v) is 1.49. The lowest BCUT2D eigenvalue weighted by molar-refractivity contribution is 0.0594. The summed E-state index contributed by atoms with van der Waals surface area (Å²) in [7, 11) is 1.36. The van der Waals surface area contributed by atoms with Gasteiger partial charge in [-0.15, -0.1) is 0 Å². The van der Waals surface area contributed by atoms with Crippen LogP contribution in [0.25, 0.3) is 0 Å². The molecular formula is C11H14N4O2. The average molecular weight is 234 g/mol. The zero-order valence-corrected chi connectivity index (χ0v) is 9.49. The smallest absolute Gasteiger partial charge is 0.354 e. The summed E-state index contributed by atoms with van der Waals surface area (Å²) in [5, 5.41) is 9.93. The number of ether oxygens (including phenoxy) is 1. The zero-order valence-electron chi connectivity index (χ0n) is 9.49. The van der Waals surface area contributed by atoms with Crippen molar-refractivity contribution in [1.82, 2.24) is 20.5 Å². The molecule has 0 spiro atoms. The van der Waals surface area contributed by atoms with Crippen LogP contribution in [-0.4, -0.2) is 28.3 Å². The van der Waals surface area contributed by atoms with Crippen molar-refractivity contribution in [2.45, 2.75) is 13.1 Å². The molecule has 90 valence electrons. The van der Waals surface area contributed by atoms with Gasteiger partial charge in [-0.3, -0.25) is 5.10 Å². The predicted molar refractivity (Wildman–Crippen MR) is 61.3 cm³/mol. The number of nitrogens with zero attached hydrogens (tertiary/aromatic N) is 1. The van der Waals surface area contributed by atoms with Crippen molar-refractivity contribution in [2.24, 2.45) is 0 Å². The van der Waals surface area contributed by atoms with E-state index >= 15 is 0 Å². The Morgan fingerprint density at radius 3 is 2.88 bits per heavy atom. The zero-order chi connectivity index (χ0) is 12.1. The largest absolute Gasteiger partial charge is 0.464 e. The number of carbonyl (C=O) groups is 1. The molecule has 3 N–H and O–H groups in total. The Labute approximate surface area is 98.4 Å². The van der Waals surface area contributed by atoms with Gasteiger partial charge in [-0.05, 0) is 18.2 Å². The minimum Gasteiger partial charge on any atom is -0.464 e. The molecule has 6 nitrogen and oxygen atoms in total. The first-order valence-corrected chi connectivity index (χ1v) is 5.25. The van der Waals surface area contributed by atoms with Crippen LogP contribution < -0.4 is 5.32 Å². The van der Waals surface area contributed by atoms with Gasteiger partial charge in [-0.1, -0.05) is 0 Å². The number of H-pyrrole nitrogens is 2. The third-order valence-electron chi connectivity index (χ3n) is 2.34. The standard InChI is InChI=1S/C11H14N4O2/c1-17-11(16)10-3-2-8(14-10)6-12-7-9-4-5-13-15-9/h2-5,12,14H,6-7H2,1H3,(H,13,15). The quantitative estimate of drug-likeness (QED) is 0.669. The summed E-state index contributed by atoms with van der Waals surface area (Å²) in [6.45, 7) is 1.35. The Kier molecular flexibility index (Phi) is 3.56. The van der Waals surface area contributed by atoms with E-state index in [2.05, 4.69) is 25.2 Å². The van der Waals surface area contributed by atoms with Crippen LogP contribution in [0.15, 0.2) is 24.4 Å². The fraction of sp³-hybridized carbons (Fsp3) is 0.273. The van der Waals surface area contributed by atoms with Gasteiger partial charge in [0.05, 0.1) is 7.11 Å². The van der Waals surface area contributed by atoms with E-state index in [-0.39, 0.29) is 5.97 Å². The summed E-state index contributed by atoms with van der Waals surface area (Å²) in [6.07, 6.45) is 1.71. The third kappa shape index (κ3) is 2.94. The summed E-state index contributed by atoms with van der Waals surface area (Å²) in [6, 6.07) is 5.47. The number of methoxy groups -OCH3 is 1. The maximum Gasteiger partial charge on any atom is 0.354 e. The van der Waals surface area contributed by atoms with Crippen molar-refractivity contribution < 1.29 is 9.53 Å². The van der Waals surface area contributed by atoms with Crippen molar-refractivity contribution in [3.8, 4) is 0 Å². The molecule has 0 bridgehead atoms. The Morgan fingerprint density at radius 1 is 1.35 bits per heavy atom. The van der Waals surface area contributed by atoms with Gasteiger partial charge < -0.3 is 15.0 Å². The number of hydrogen-bond acceptors (Lipinski definition) is 4. The van der Waals surface area contributed by atoms with Crippen LogP contribution in [-0.2, 0) is 17.8 Å². The third-order valence-corrected chi connectivity index (χ3v) is 2.34. The highest BCUT2D eigenvalue weighted by atomic mass is 16.5. The molecule has 2 aromatic heterocycles. The molecular weight excluding hydrogens is 220 g/mol. The van der Waals surface area contributed by atoms with Crippen molar-refractivity contribution >= 4 is 5.97 Å². The van der Waals surface area contributed by atoms with Gasteiger partial charge in [-0.2, -0.15) is 5.10 Å². The second kappa shape index (κ2) is 5.31. The molecule has 2 rings (SSSR count). The molecule has 0 fully saturated rings. The van der Waals surface area contributed by atoms with E-state index in [1.807, 2.05) is 12.1 Å². The predicted octanol–water partition coefficient (Wildman–Crippen LogP) is 0.814. The van der Waals surface area contributed by atoms with Crippen LogP contribution in [0.1, 0.15) is 21.9 Å². The Bertz CT molecular complexity index is 475. The van der Waals surface area contributed by atoms with Gasteiger partial charge in [0.1, 0.15) is 5.69 Å². The fourth-order valence-electron chi connectivity index (χ4n) is 1.49. The second-order valence-electron chi connectivity index (χ2n) is 3.57. The Balaban J connectivity index is 1.83. The average Bonchev–Trinajstić information content (AvgIpc) is 2.99. The van der Waals surface area contributed by atoms with E-state index in [0.717, 1.165) is 11.4 Å². The summed E-state index contributed by atoms with van der Waals surface area (Å²) >= 11 is 0. The maximum atomic E-state index is 11.2. The summed E-state index contributed by atoms with van der Waals surface area (Å²) in [5.41, 5.74) is 2.42. The number of rotatable bonds is 5. The van der Waals surface area contributed by atoms with E-state index in [1.165, 1.54) is 7.11 Å². The molecule has 6 heteroatoms. The highest BCUT2D eigenvalue weighted by molar-refractivity contribution is 5.87. The van der Waals surface area contributed by atoms with E-state index in [0.29, 0.717) is 18.8 Å². The SMILES string of the molecule is COC(=O)c1ccc(CNCc2ccn[nH]2)[nH]1. The molecule has 0 amide bonds. The first-order chi connectivity index (χ1) is 8.29. The van der Waals surface area contributed by atoms with Crippen molar-refractivity contribution in [3.63, 3.8) is 0 Å². The highest BCUT2D eigenvalue weighted by Gasteiger charge is 2.07. The molecule has 0 saturated carbocycles. The molecule has 0 saturated heterocycles. The molecule has 2 aromatic rings. The number of aromatic nitrogens is 3. The molecule has 0 atom stereocenters. The van der Waals surface area contributed by atoms with Gasteiger partial charge in [-0.25, -0.2) is 4.79 Å². The molecule has 17 heavy (non-hydrogen) atoms. The number of hydrogen-bond donors (Lipinski definition) is 3. The monoisotopic (exact) mass is 234 g/mol. The molecule has 0 aromatic carbocycles. The van der Waals surface area contributed by atoms with Crippen LogP contribution in [0.5, 0.6) is 0 Å². The molecule has 0 unspecified atom stereocenters. The molecule has 0 radical (unpaired) electrons. The number of esters is 1. The van der Waals surface area contributed by atoms with Crippen LogP contribution in [0.4, 0.5) is 0 Å². The molecule has 0 aliphatic rings. The number of aromatic amines is 2. The van der Waals surface area contributed by atoms with Crippen molar-refractivity contribution in [3.05, 3.63) is 41.5 Å². The summed E-state index contributed by atoms with van der Waals surface area (Å²) in [4.78, 5) is 14.2. The Hall–Kier alpha value is -2.08. The Morgan fingerprint density at radius 2 is 2.18 bits per heavy atom. The van der Waals surface area contributed by atoms with Crippen molar-refractivity contribution in [1.29, 1.82) is 0 Å². The van der Waals surface area contributed by atoms with Gasteiger partial charge in [0.15, 0.2) is 0 Å². The second-order valence-corrected chi connectivity index (χ2v) is 3.57. The minimum atomic E-state index is -0.357. The van der Waals surface area contributed by atoms with E-state index < -0.39 is 0 Å². The van der Waals surface area contributed by atoms with Crippen LogP contribution in [0.3, 0.4) is 0 Å². The first-order valence-electron chi connectivity index (χ1n) is 5.25. The van der Waals surface area contributed by atoms with Gasteiger partial charge in [0.25, 0.3) is 0 Å². The summed E-state index contributed by atoms with van der Waals surface area (Å²) < 4.78 is 4.61. The van der Waals surface area contributed by atoms with E-state index in [4.69, 9.17) is 0 Å². The van der Waals surface area contributed by atoms with E-state index in [9.17, 15) is 4.79 Å². The lowest BCUT2D eigenvalue weighted by atomic mass is 10.4. The lowest BCUT2D eigenvalue weighted by Crippen LogP contribution is -2.13. The maximum absolute atomic E-state index is 11.2. The lowest BCUT2D eigenvalue weighted by Gasteiger charge is -2.01. The van der Waals surface area contributed by atoms with Gasteiger partial charge in [0.2, 0.25) is 0 Å². The van der Waals surface area contributed by atoms with Crippen molar-refractivity contribution in [2.75, 3.05) is 7.11 Å².